The molecule has 1 amide bonds. The number of hydrogen-bond donors (Lipinski definition) is 1. The van der Waals surface area contributed by atoms with Crippen LogP contribution in [-0.2, 0) is 4.79 Å². The van der Waals surface area contributed by atoms with Crippen molar-refractivity contribution in [3.63, 3.8) is 0 Å². The molecule has 2 aromatic rings. The number of carbonyl (C=O) groups is 1. The molecule has 2 aromatic carbocycles. The van der Waals surface area contributed by atoms with Gasteiger partial charge < -0.3 is 14.8 Å². The van der Waals surface area contributed by atoms with Gasteiger partial charge in [0, 0.05) is 5.69 Å². The van der Waals surface area contributed by atoms with Crippen molar-refractivity contribution < 1.29 is 14.3 Å². The first-order valence-electron chi connectivity index (χ1n) is 7.79. The van der Waals surface area contributed by atoms with Crippen LogP contribution >= 0.6 is 0 Å². The summed E-state index contributed by atoms with van der Waals surface area (Å²) in [6, 6.07) is 15.1. The largest absolute Gasteiger partial charge is 0.493 e. The van der Waals surface area contributed by atoms with E-state index in [0.717, 1.165) is 17.2 Å². The molecule has 0 unspecified atom stereocenters. The maximum atomic E-state index is 11.9. The summed E-state index contributed by atoms with van der Waals surface area (Å²) >= 11 is 0. The number of amides is 1. The van der Waals surface area contributed by atoms with Gasteiger partial charge in [0.25, 0.3) is 0 Å². The minimum absolute atomic E-state index is 0.0744. The van der Waals surface area contributed by atoms with Crippen LogP contribution in [0, 0.1) is 6.92 Å². The molecule has 0 aliphatic carbocycles. The predicted octanol–water partition coefficient (Wildman–Crippen LogP) is 4.19. The van der Waals surface area contributed by atoms with Crippen LogP contribution in [0.1, 0.15) is 25.8 Å². The number of rotatable bonds is 7. The lowest BCUT2D eigenvalue weighted by Gasteiger charge is -2.11. The molecule has 122 valence electrons. The average molecular weight is 313 g/mol. The topological polar surface area (TPSA) is 47.6 Å². The molecule has 0 spiro atoms. The molecular weight excluding hydrogens is 290 g/mol. The van der Waals surface area contributed by atoms with Gasteiger partial charge in [-0.25, -0.2) is 0 Å². The summed E-state index contributed by atoms with van der Waals surface area (Å²) in [7, 11) is 0. The standard InChI is InChI=1S/C19H23NO3/c1-14(2)23-18-10-6-16(7-11-18)20-19(21)12-13-22-17-8-4-15(3)5-9-17/h4-11,14H,12-13H2,1-3H3,(H,20,21). The molecule has 4 nitrogen and oxygen atoms in total. The molecule has 0 heterocycles. The molecule has 0 aliphatic heterocycles. The van der Waals surface area contributed by atoms with E-state index in [0.29, 0.717) is 13.0 Å². The molecule has 0 bridgehead atoms. The van der Waals surface area contributed by atoms with Crippen LogP contribution in [0.15, 0.2) is 48.5 Å². The number of hydrogen-bond acceptors (Lipinski definition) is 3. The molecule has 0 fully saturated rings. The van der Waals surface area contributed by atoms with Crippen LogP contribution in [0.3, 0.4) is 0 Å². The SMILES string of the molecule is Cc1ccc(OCCC(=O)Nc2ccc(OC(C)C)cc2)cc1. The Morgan fingerprint density at radius 3 is 2.22 bits per heavy atom. The molecule has 0 saturated heterocycles. The molecular formula is C19H23NO3. The van der Waals surface area contributed by atoms with Crippen LogP contribution in [0.4, 0.5) is 5.69 Å². The second kappa shape index (κ2) is 8.22. The third kappa shape index (κ3) is 6.02. The lowest BCUT2D eigenvalue weighted by Crippen LogP contribution is -2.15. The number of aryl methyl sites for hydroxylation is 1. The first-order valence-corrected chi connectivity index (χ1v) is 7.79. The van der Waals surface area contributed by atoms with Gasteiger partial charge in [-0.3, -0.25) is 4.79 Å². The van der Waals surface area contributed by atoms with E-state index in [1.807, 2.05) is 69.3 Å². The van der Waals surface area contributed by atoms with Crippen LogP contribution in [0.5, 0.6) is 11.5 Å². The van der Waals surface area contributed by atoms with Gasteiger partial charge in [-0.15, -0.1) is 0 Å². The monoisotopic (exact) mass is 313 g/mol. The van der Waals surface area contributed by atoms with E-state index in [-0.39, 0.29) is 12.0 Å². The Hall–Kier alpha value is -2.49. The Kier molecular flexibility index (Phi) is 6.03. The molecule has 23 heavy (non-hydrogen) atoms. The average Bonchev–Trinajstić information content (AvgIpc) is 2.51. The van der Waals surface area contributed by atoms with E-state index >= 15 is 0 Å². The summed E-state index contributed by atoms with van der Waals surface area (Å²) in [4.78, 5) is 11.9. The van der Waals surface area contributed by atoms with Gasteiger partial charge >= 0.3 is 0 Å². The molecule has 0 saturated carbocycles. The van der Waals surface area contributed by atoms with E-state index < -0.39 is 0 Å². The van der Waals surface area contributed by atoms with E-state index in [9.17, 15) is 4.79 Å². The highest BCUT2D eigenvalue weighted by Gasteiger charge is 2.04. The van der Waals surface area contributed by atoms with Crippen molar-refractivity contribution in [3.8, 4) is 11.5 Å². The molecule has 0 aliphatic rings. The van der Waals surface area contributed by atoms with E-state index in [2.05, 4.69) is 5.32 Å². The van der Waals surface area contributed by atoms with E-state index in [1.54, 1.807) is 0 Å². The zero-order valence-corrected chi connectivity index (χ0v) is 13.8. The number of anilines is 1. The number of ether oxygens (including phenoxy) is 2. The number of nitrogens with one attached hydrogen (secondary N) is 1. The summed E-state index contributed by atoms with van der Waals surface area (Å²) in [6.45, 7) is 6.33. The molecule has 0 atom stereocenters. The zero-order chi connectivity index (χ0) is 16.7. The molecule has 0 radical (unpaired) electrons. The van der Waals surface area contributed by atoms with E-state index in [1.165, 1.54) is 5.56 Å². The van der Waals surface area contributed by atoms with Crippen molar-refractivity contribution in [2.75, 3.05) is 11.9 Å². The number of carbonyl (C=O) groups excluding carboxylic acids is 1. The van der Waals surface area contributed by atoms with Crippen molar-refractivity contribution in [1.29, 1.82) is 0 Å². The first kappa shape index (κ1) is 16.9. The van der Waals surface area contributed by atoms with Crippen LogP contribution in [0.25, 0.3) is 0 Å². The lowest BCUT2D eigenvalue weighted by atomic mass is 10.2. The Labute approximate surface area is 137 Å². The van der Waals surface area contributed by atoms with Gasteiger partial charge in [0.1, 0.15) is 11.5 Å². The normalized spacial score (nSPS) is 10.4. The summed E-state index contributed by atoms with van der Waals surface area (Å²) in [6.07, 6.45) is 0.437. The second-order valence-corrected chi connectivity index (χ2v) is 5.65. The second-order valence-electron chi connectivity index (χ2n) is 5.65. The highest BCUT2D eigenvalue weighted by molar-refractivity contribution is 5.90. The van der Waals surface area contributed by atoms with Gasteiger partial charge in [0.05, 0.1) is 19.1 Å². The van der Waals surface area contributed by atoms with Crippen LogP contribution in [-0.4, -0.2) is 18.6 Å². The van der Waals surface area contributed by atoms with Gasteiger partial charge in [0.15, 0.2) is 0 Å². The minimum atomic E-state index is -0.0744. The molecule has 4 heteroatoms. The van der Waals surface area contributed by atoms with Gasteiger partial charge in [0.2, 0.25) is 5.91 Å². The van der Waals surface area contributed by atoms with Crippen molar-refractivity contribution in [2.45, 2.75) is 33.3 Å². The van der Waals surface area contributed by atoms with Crippen molar-refractivity contribution in [2.24, 2.45) is 0 Å². The van der Waals surface area contributed by atoms with Crippen molar-refractivity contribution >= 4 is 11.6 Å². The predicted molar refractivity (Wildman–Crippen MR) is 92.1 cm³/mol. The first-order chi connectivity index (χ1) is 11.0. The molecule has 0 aromatic heterocycles. The summed E-state index contributed by atoms with van der Waals surface area (Å²) < 4.78 is 11.1. The number of benzene rings is 2. The highest BCUT2D eigenvalue weighted by atomic mass is 16.5. The fourth-order valence-electron chi connectivity index (χ4n) is 2.01. The maximum Gasteiger partial charge on any atom is 0.227 e. The maximum absolute atomic E-state index is 11.9. The lowest BCUT2D eigenvalue weighted by molar-refractivity contribution is -0.116. The fraction of sp³-hybridized carbons (Fsp3) is 0.316. The third-order valence-corrected chi connectivity index (χ3v) is 3.13. The smallest absolute Gasteiger partial charge is 0.227 e. The third-order valence-electron chi connectivity index (χ3n) is 3.13. The quantitative estimate of drug-likeness (QED) is 0.833. The van der Waals surface area contributed by atoms with Crippen LogP contribution in [0.2, 0.25) is 0 Å². The summed E-state index contributed by atoms with van der Waals surface area (Å²) in [5.74, 6) is 1.49. The Morgan fingerprint density at radius 2 is 1.61 bits per heavy atom. The van der Waals surface area contributed by atoms with Crippen LogP contribution < -0.4 is 14.8 Å². The Morgan fingerprint density at radius 1 is 1.00 bits per heavy atom. The van der Waals surface area contributed by atoms with Gasteiger partial charge in [-0.2, -0.15) is 0 Å². The van der Waals surface area contributed by atoms with Gasteiger partial charge in [-0.1, -0.05) is 17.7 Å². The highest BCUT2D eigenvalue weighted by Crippen LogP contribution is 2.17. The summed E-state index contributed by atoms with van der Waals surface area (Å²) in [5, 5.41) is 2.84. The summed E-state index contributed by atoms with van der Waals surface area (Å²) in [5.41, 5.74) is 1.93. The molecule has 1 N–H and O–H groups in total. The van der Waals surface area contributed by atoms with Crippen molar-refractivity contribution in [1.82, 2.24) is 0 Å². The minimum Gasteiger partial charge on any atom is -0.493 e. The molecule has 2 rings (SSSR count). The Balaban J connectivity index is 1.75. The Bertz CT molecular complexity index is 618. The fourth-order valence-corrected chi connectivity index (χ4v) is 2.01. The zero-order valence-electron chi connectivity index (χ0n) is 13.8. The van der Waals surface area contributed by atoms with Gasteiger partial charge in [-0.05, 0) is 57.2 Å². The van der Waals surface area contributed by atoms with E-state index in [4.69, 9.17) is 9.47 Å². The van der Waals surface area contributed by atoms with Crippen molar-refractivity contribution in [3.05, 3.63) is 54.1 Å².